The summed E-state index contributed by atoms with van der Waals surface area (Å²) in [5, 5.41) is 3.40. The summed E-state index contributed by atoms with van der Waals surface area (Å²) in [5.74, 6) is 0.508. The van der Waals surface area contributed by atoms with Crippen LogP contribution in [0.15, 0.2) is 54.6 Å². The van der Waals surface area contributed by atoms with Crippen molar-refractivity contribution in [1.29, 1.82) is 0 Å². The highest BCUT2D eigenvalue weighted by Crippen LogP contribution is 2.29. The van der Waals surface area contributed by atoms with Gasteiger partial charge in [-0.25, -0.2) is 0 Å². The van der Waals surface area contributed by atoms with E-state index in [1.807, 2.05) is 18.2 Å². The maximum absolute atomic E-state index is 12.6. The number of rotatable bonds is 5. The second-order valence-corrected chi connectivity index (χ2v) is 6.58. The smallest absolute Gasteiger partial charge is 0.372 e. The molecule has 2 aromatic rings. The normalized spacial score (nSPS) is 21.2. The summed E-state index contributed by atoms with van der Waals surface area (Å²) in [5.41, 5.74) is 1.45. The van der Waals surface area contributed by atoms with Crippen LogP contribution >= 0.6 is 0 Å². The summed E-state index contributed by atoms with van der Waals surface area (Å²) in [6, 6.07) is 15.6. The first-order valence-corrected chi connectivity index (χ1v) is 8.53. The molecule has 0 aliphatic carbocycles. The van der Waals surface area contributed by atoms with Crippen molar-refractivity contribution in [2.24, 2.45) is 5.92 Å². The Morgan fingerprint density at radius 2 is 1.64 bits per heavy atom. The highest BCUT2D eigenvalue weighted by Gasteiger charge is 2.30. The maximum Gasteiger partial charge on any atom is 0.416 e. The predicted molar refractivity (Wildman–Crippen MR) is 91.1 cm³/mol. The van der Waals surface area contributed by atoms with Crippen LogP contribution in [-0.4, -0.2) is 19.2 Å². The van der Waals surface area contributed by atoms with Crippen molar-refractivity contribution in [3.63, 3.8) is 0 Å². The SMILES string of the molecule is FC(F)(F)c1ccc(CO[C@H]2CNCC(Cc3ccccc3)C2)cc1. The van der Waals surface area contributed by atoms with Gasteiger partial charge in [-0.3, -0.25) is 0 Å². The minimum atomic E-state index is -4.29. The molecule has 5 heteroatoms. The molecule has 1 aliphatic rings. The molecule has 2 aromatic carbocycles. The first-order chi connectivity index (χ1) is 12.0. The van der Waals surface area contributed by atoms with Crippen LogP contribution in [0.4, 0.5) is 13.2 Å². The van der Waals surface area contributed by atoms with Gasteiger partial charge >= 0.3 is 6.18 Å². The van der Waals surface area contributed by atoms with E-state index in [4.69, 9.17) is 4.74 Å². The number of nitrogens with one attached hydrogen (secondary N) is 1. The fourth-order valence-electron chi connectivity index (χ4n) is 3.22. The minimum Gasteiger partial charge on any atom is -0.372 e. The van der Waals surface area contributed by atoms with E-state index in [0.717, 1.165) is 43.6 Å². The largest absolute Gasteiger partial charge is 0.416 e. The van der Waals surface area contributed by atoms with Gasteiger partial charge < -0.3 is 10.1 Å². The molecule has 0 aromatic heterocycles. The minimum absolute atomic E-state index is 0.0877. The van der Waals surface area contributed by atoms with E-state index in [2.05, 4.69) is 17.4 Å². The topological polar surface area (TPSA) is 21.3 Å². The number of halogens is 3. The van der Waals surface area contributed by atoms with Crippen LogP contribution in [0.1, 0.15) is 23.1 Å². The van der Waals surface area contributed by atoms with Crippen LogP contribution in [0.5, 0.6) is 0 Å². The first kappa shape index (κ1) is 18.0. The van der Waals surface area contributed by atoms with Gasteiger partial charge in [0.15, 0.2) is 0 Å². The van der Waals surface area contributed by atoms with Gasteiger partial charge in [-0.2, -0.15) is 13.2 Å². The Morgan fingerprint density at radius 3 is 2.32 bits per heavy atom. The Labute approximate surface area is 146 Å². The summed E-state index contributed by atoms with van der Waals surface area (Å²) in [6.45, 7) is 2.09. The zero-order valence-electron chi connectivity index (χ0n) is 13.9. The fraction of sp³-hybridized carbons (Fsp3) is 0.400. The first-order valence-electron chi connectivity index (χ1n) is 8.53. The molecule has 134 valence electrons. The lowest BCUT2D eigenvalue weighted by Gasteiger charge is -2.30. The van der Waals surface area contributed by atoms with Crippen LogP contribution in [0.2, 0.25) is 0 Å². The van der Waals surface area contributed by atoms with E-state index in [9.17, 15) is 13.2 Å². The molecule has 3 rings (SSSR count). The summed E-state index contributed by atoms with van der Waals surface area (Å²) in [6.07, 6.45) is -2.24. The molecule has 1 fully saturated rings. The Hall–Kier alpha value is -1.85. The van der Waals surface area contributed by atoms with Crippen LogP contribution < -0.4 is 5.32 Å². The zero-order chi connectivity index (χ0) is 17.7. The monoisotopic (exact) mass is 349 g/mol. The van der Waals surface area contributed by atoms with Gasteiger partial charge in [-0.15, -0.1) is 0 Å². The van der Waals surface area contributed by atoms with Crippen LogP contribution in [0.25, 0.3) is 0 Å². The molecule has 0 saturated carbocycles. The molecule has 0 amide bonds. The van der Waals surface area contributed by atoms with E-state index >= 15 is 0 Å². The standard InChI is InChI=1S/C20H22F3NO/c21-20(22,23)18-8-6-16(7-9-18)14-25-19-11-17(12-24-13-19)10-15-4-2-1-3-5-15/h1-9,17,19,24H,10-14H2/t17?,19-/m1/s1. The van der Waals surface area contributed by atoms with Gasteiger partial charge in [0.2, 0.25) is 0 Å². The number of ether oxygens (including phenoxy) is 1. The van der Waals surface area contributed by atoms with E-state index in [0.29, 0.717) is 12.5 Å². The number of hydrogen-bond donors (Lipinski definition) is 1. The molecule has 1 aliphatic heterocycles. The average molecular weight is 349 g/mol. The van der Waals surface area contributed by atoms with Crippen molar-refractivity contribution in [1.82, 2.24) is 5.32 Å². The molecular formula is C20H22F3NO. The lowest BCUT2D eigenvalue weighted by atomic mass is 9.91. The Bertz CT molecular complexity index is 655. The summed E-state index contributed by atoms with van der Waals surface area (Å²) in [4.78, 5) is 0. The molecule has 1 unspecified atom stereocenters. The van der Waals surface area contributed by atoms with Crippen molar-refractivity contribution in [2.45, 2.75) is 31.7 Å². The number of piperidine rings is 1. The quantitative estimate of drug-likeness (QED) is 0.861. The molecule has 0 spiro atoms. The van der Waals surface area contributed by atoms with Crippen molar-refractivity contribution in [2.75, 3.05) is 13.1 Å². The second-order valence-electron chi connectivity index (χ2n) is 6.58. The van der Waals surface area contributed by atoms with E-state index in [1.165, 1.54) is 17.7 Å². The van der Waals surface area contributed by atoms with E-state index in [1.54, 1.807) is 0 Å². The number of benzene rings is 2. The number of hydrogen-bond acceptors (Lipinski definition) is 2. The van der Waals surface area contributed by atoms with Crippen LogP contribution in [-0.2, 0) is 23.9 Å². The van der Waals surface area contributed by atoms with Gasteiger partial charge in [-0.1, -0.05) is 42.5 Å². The third-order valence-corrected chi connectivity index (χ3v) is 4.54. The second kappa shape index (κ2) is 8.02. The third-order valence-electron chi connectivity index (χ3n) is 4.54. The molecule has 25 heavy (non-hydrogen) atoms. The molecule has 0 radical (unpaired) electrons. The van der Waals surface area contributed by atoms with Gasteiger partial charge in [-0.05, 0) is 48.6 Å². The van der Waals surface area contributed by atoms with Gasteiger partial charge in [0, 0.05) is 6.54 Å². The highest BCUT2D eigenvalue weighted by molar-refractivity contribution is 5.24. The van der Waals surface area contributed by atoms with Crippen LogP contribution in [0, 0.1) is 5.92 Å². The summed E-state index contributed by atoms with van der Waals surface area (Å²) >= 11 is 0. The molecule has 1 saturated heterocycles. The van der Waals surface area contributed by atoms with Gasteiger partial charge in [0.25, 0.3) is 0 Å². The molecule has 2 nitrogen and oxygen atoms in total. The molecule has 2 atom stereocenters. The maximum atomic E-state index is 12.6. The molecule has 0 bridgehead atoms. The third kappa shape index (κ3) is 5.31. The van der Waals surface area contributed by atoms with Crippen molar-refractivity contribution in [3.8, 4) is 0 Å². The molecular weight excluding hydrogens is 327 g/mol. The zero-order valence-corrected chi connectivity index (χ0v) is 13.9. The van der Waals surface area contributed by atoms with Crippen molar-refractivity contribution in [3.05, 3.63) is 71.3 Å². The lowest BCUT2D eigenvalue weighted by molar-refractivity contribution is -0.137. The molecule has 1 N–H and O–H groups in total. The highest BCUT2D eigenvalue weighted by atomic mass is 19.4. The Balaban J connectivity index is 1.49. The summed E-state index contributed by atoms with van der Waals surface area (Å²) in [7, 11) is 0. The van der Waals surface area contributed by atoms with E-state index in [-0.39, 0.29) is 6.10 Å². The van der Waals surface area contributed by atoms with Crippen molar-refractivity contribution >= 4 is 0 Å². The van der Waals surface area contributed by atoms with Crippen LogP contribution in [0.3, 0.4) is 0 Å². The van der Waals surface area contributed by atoms with Gasteiger partial charge in [0.1, 0.15) is 0 Å². The fourth-order valence-corrected chi connectivity index (χ4v) is 3.22. The van der Waals surface area contributed by atoms with E-state index < -0.39 is 11.7 Å². The Kier molecular flexibility index (Phi) is 5.76. The Morgan fingerprint density at radius 1 is 0.920 bits per heavy atom. The molecule has 1 heterocycles. The number of alkyl halides is 3. The summed E-state index contributed by atoms with van der Waals surface area (Å²) < 4.78 is 43.7. The predicted octanol–water partition coefficient (Wildman–Crippen LogP) is 4.44. The lowest BCUT2D eigenvalue weighted by Crippen LogP contribution is -2.41. The average Bonchev–Trinajstić information content (AvgIpc) is 2.61. The van der Waals surface area contributed by atoms with Crippen molar-refractivity contribution < 1.29 is 17.9 Å². The van der Waals surface area contributed by atoms with Gasteiger partial charge in [0.05, 0.1) is 18.3 Å².